The standard InChI is InChI=1S/C15H19N3OS/c1-10(16-2)11-5-7-13(8-6-11)20-9-14-17-15(18-19-14)12-3-4-12/h5-8,10,12,16H,3-4,9H2,1-2H3. The summed E-state index contributed by atoms with van der Waals surface area (Å²) in [6.07, 6.45) is 2.41. The molecule has 20 heavy (non-hydrogen) atoms. The first kappa shape index (κ1) is 13.6. The van der Waals surface area contributed by atoms with E-state index in [0.29, 0.717) is 12.0 Å². The maximum absolute atomic E-state index is 5.28. The van der Waals surface area contributed by atoms with Crippen molar-refractivity contribution in [1.82, 2.24) is 15.5 Å². The first-order valence-corrected chi connectivity index (χ1v) is 7.97. The zero-order chi connectivity index (χ0) is 13.9. The molecule has 0 aliphatic heterocycles. The van der Waals surface area contributed by atoms with Crippen LogP contribution >= 0.6 is 11.8 Å². The molecule has 1 unspecified atom stereocenters. The largest absolute Gasteiger partial charge is 0.338 e. The van der Waals surface area contributed by atoms with Crippen molar-refractivity contribution < 1.29 is 4.52 Å². The number of hydrogen-bond donors (Lipinski definition) is 1. The minimum Gasteiger partial charge on any atom is -0.338 e. The summed E-state index contributed by atoms with van der Waals surface area (Å²) in [6.45, 7) is 2.15. The molecule has 1 N–H and O–H groups in total. The predicted octanol–water partition coefficient (Wildman–Crippen LogP) is 3.52. The Morgan fingerprint density at radius 1 is 1.35 bits per heavy atom. The van der Waals surface area contributed by atoms with Crippen LogP contribution in [-0.2, 0) is 5.75 Å². The van der Waals surface area contributed by atoms with Crippen LogP contribution in [0, 0.1) is 0 Å². The van der Waals surface area contributed by atoms with Gasteiger partial charge in [0.05, 0.1) is 5.75 Å². The number of nitrogens with one attached hydrogen (secondary N) is 1. The molecule has 1 aromatic heterocycles. The predicted molar refractivity (Wildman–Crippen MR) is 79.8 cm³/mol. The SMILES string of the molecule is CNC(C)c1ccc(SCc2nc(C3CC3)no2)cc1. The fourth-order valence-electron chi connectivity index (χ4n) is 2.00. The molecule has 5 heteroatoms. The van der Waals surface area contributed by atoms with Crippen LogP contribution in [0.5, 0.6) is 0 Å². The Morgan fingerprint density at radius 2 is 2.10 bits per heavy atom. The second kappa shape index (κ2) is 5.97. The minimum absolute atomic E-state index is 0.381. The van der Waals surface area contributed by atoms with E-state index in [9.17, 15) is 0 Å². The normalized spacial score (nSPS) is 16.3. The number of thioether (sulfide) groups is 1. The van der Waals surface area contributed by atoms with Crippen LogP contribution < -0.4 is 5.32 Å². The van der Waals surface area contributed by atoms with Crippen LogP contribution in [0.2, 0.25) is 0 Å². The van der Waals surface area contributed by atoms with E-state index in [1.807, 2.05) is 7.05 Å². The summed E-state index contributed by atoms with van der Waals surface area (Å²) >= 11 is 1.73. The zero-order valence-corrected chi connectivity index (χ0v) is 12.6. The highest BCUT2D eigenvalue weighted by Gasteiger charge is 2.28. The molecule has 106 valence electrons. The molecule has 1 aliphatic carbocycles. The van der Waals surface area contributed by atoms with E-state index < -0.39 is 0 Å². The van der Waals surface area contributed by atoms with Crippen molar-refractivity contribution in [2.75, 3.05) is 7.05 Å². The molecule has 2 aromatic rings. The van der Waals surface area contributed by atoms with Gasteiger partial charge in [0.1, 0.15) is 0 Å². The molecular formula is C15H19N3OS. The second-order valence-electron chi connectivity index (χ2n) is 5.19. The van der Waals surface area contributed by atoms with Crippen LogP contribution in [-0.4, -0.2) is 17.2 Å². The molecule has 1 aliphatic rings. The van der Waals surface area contributed by atoms with Gasteiger partial charge in [-0.2, -0.15) is 4.98 Å². The molecule has 3 rings (SSSR count). The van der Waals surface area contributed by atoms with Gasteiger partial charge in [-0.1, -0.05) is 17.3 Å². The lowest BCUT2D eigenvalue weighted by molar-refractivity contribution is 0.385. The Balaban J connectivity index is 1.57. The molecule has 1 aromatic carbocycles. The molecule has 1 heterocycles. The topological polar surface area (TPSA) is 51.0 Å². The monoisotopic (exact) mass is 289 g/mol. The van der Waals surface area contributed by atoms with Crippen molar-refractivity contribution in [1.29, 1.82) is 0 Å². The smallest absolute Gasteiger partial charge is 0.237 e. The highest BCUT2D eigenvalue weighted by Crippen LogP contribution is 2.38. The first-order chi connectivity index (χ1) is 9.76. The number of aromatic nitrogens is 2. The lowest BCUT2D eigenvalue weighted by atomic mass is 10.1. The Labute approximate surface area is 123 Å². The first-order valence-electron chi connectivity index (χ1n) is 6.99. The molecule has 1 fully saturated rings. The van der Waals surface area contributed by atoms with Gasteiger partial charge in [0.25, 0.3) is 0 Å². The third-order valence-corrected chi connectivity index (χ3v) is 4.60. The van der Waals surface area contributed by atoms with Crippen molar-refractivity contribution in [3.05, 3.63) is 41.5 Å². The molecule has 0 saturated heterocycles. The highest BCUT2D eigenvalue weighted by atomic mass is 32.2. The van der Waals surface area contributed by atoms with Gasteiger partial charge in [0, 0.05) is 16.9 Å². The van der Waals surface area contributed by atoms with E-state index in [2.05, 4.69) is 46.6 Å². The van der Waals surface area contributed by atoms with E-state index in [4.69, 9.17) is 4.52 Å². The van der Waals surface area contributed by atoms with Crippen molar-refractivity contribution in [2.45, 2.75) is 42.4 Å². The van der Waals surface area contributed by atoms with E-state index in [-0.39, 0.29) is 0 Å². The summed E-state index contributed by atoms with van der Waals surface area (Å²) in [6, 6.07) is 8.99. The number of benzene rings is 1. The quantitative estimate of drug-likeness (QED) is 0.825. The maximum Gasteiger partial charge on any atom is 0.237 e. The zero-order valence-electron chi connectivity index (χ0n) is 11.8. The van der Waals surface area contributed by atoms with E-state index in [1.165, 1.54) is 23.3 Å². The molecule has 0 spiro atoms. The van der Waals surface area contributed by atoms with Crippen molar-refractivity contribution in [2.24, 2.45) is 0 Å². The molecule has 1 saturated carbocycles. The lowest BCUT2D eigenvalue weighted by Gasteiger charge is -2.10. The van der Waals surface area contributed by atoms with Gasteiger partial charge >= 0.3 is 0 Å². The summed E-state index contributed by atoms with van der Waals surface area (Å²) in [4.78, 5) is 5.66. The summed E-state index contributed by atoms with van der Waals surface area (Å²) in [7, 11) is 1.97. The van der Waals surface area contributed by atoms with Crippen molar-refractivity contribution >= 4 is 11.8 Å². The maximum atomic E-state index is 5.28. The van der Waals surface area contributed by atoms with Crippen LogP contribution in [0.15, 0.2) is 33.7 Å². The van der Waals surface area contributed by atoms with Crippen molar-refractivity contribution in [3.8, 4) is 0 Å². The number of hydrogen-bond acceptors (Lipinski definition) is 5. The summed E-state index contributed by atoms with van der Waals surface area (Å²) in [5, 5.41) is 7.27. The van der Waals surface area contributed by atoms with Gasteiger partial charge in [-0.15, -0.1) is 11.8 Å². The lowest BCUT2D eigenvalue weighted by Crippen LogP contribution is -2.11. The highest BCUT2D eigenvalue weighted by molar-refractivity contribution is 7.98. The fraction of sp³-hybridized carbons (Fsp3) is 0.467. The van der Waals surface area contributed by atoms with Gasteiger partial charge < -0.3 is 9.84 Å². The average molecular weight is 289 g/mol. The van der Waals surface area contributed by atoms with Gasteiger partial charge in [0.15, 0.2) is 5.82 Å². The average Bonchev–Trinajstić information content (AvgIpc) is 3.24. The number of nitrogens with zero attached hydrogens (tertiary/aromatic N) is 2. The van der Waals surface area contributed by atoms with Crippen molar-refractivity contribution in [3.63, 3.8) is 0 Å². The molecule has 0 amide bonds. The Hall–Kier alpha value is -1.33. The van der Waals surface area contributed by atoms with Gasteiger partial charge in [0.2, 0.25) is 5.89 Å². The molecule has 0 bridgehead atoms. The Morgan fingerprint density at radius 3 is 2.75 bits per heavy atom. The summed E-state index contributed by atoms with van der Waals surface area (Å²) in [5.74, 6) is 2.91. The van der Waals surface area contributed by atoms with Crippen LogP contribution in [0.3, 0.4) is 0 Å². The van der Waals surface area contributed by atoms with E-state index in [1.54, 1.807) is 11.8 Å². The van der Waals surface area contributed by atoms with Gasteiger partial charge in [-0.25, -0.2) is 0 Å². The van der Waals surface area contributed by atoms with Crippen LogP contribution in [0.4, 0.5) is 0 Å². The molecular weight excluding hydrogens is 270 g/mol. The Kier molecular flexibility index (Phi) is 4.08. The van der Waals surface area contributed by atoms with Crippen LogP contribution in [0.1, 0.15) is 49.0 Å². The van der Waals surface area contributed by atoms with E-state index >= 15 is 0 Å². The third kappa shape index (κ3) is 3.22. The van der Waals surface area contributed by atoms with E-state index in [0.717, 1.165) is 17.5 Å². The molecule has 0 radical (unpaired) electrons. The number of rotatable bonds is 6. The Bertz CT molecular complexity index is 563. The van der Waals surface area contributed by atoms with Crippen LogP contribution in [0.25, 0.3) is 0 Å². The van der Waals surface area contributed by atoms with Gasteiger partial charge in [-0.3, -0.25) is 0 Å². The fourth-order valence-corrected chi connectivity index (χ4v) is 2.73. The minimum atomic E-state index is 0.381. The second-order valence-corrected chi connectivity index (χ2v) is 6.24. The molecule has 1 atom stereocenters. The third-order valence-electron chi connectivity index (χ3n) is 3.60. The molecule has 4 nitrogen and oxygen atoms in total. The van der Waals surface area contributed by atoms with Gasteiger partial charge in [-0.05, 0) is 44.5 Å². The summed E-state index contributed by atoms with van der Waals surface area (Å²) < 4.78 is 5.28. The summed E-state index contributed by atoms with van der Waals surface area (Å²) in [5.41, 5.74) is 1.30.